The molecule has 5 nitrogen and oxygen atoms in total. The number of carbonyl (C=O) groups is 1. The first-order valence-corrected chi connectivity index (χ1v) is 8.62. The van der Waals surface area contributed by atoms with E-state index in [2.05, 4.69) is 17.4 Å². The average molecular weight is 342 g/mol. The monoisotopic (exact) mass is 341 g/mol. The maximum absolute atomic E-state index is 12.6. The highest BCUT2D eigenvalue weighted by Crippen LogP contribution is 2.37. The first kappa shape index (κ1) is 18.3. The van der Waals surface area contributed by atoms with Crippen LogP contribution in [0.2, 0.25) is 0 Å². The number of carbonyl (C=O) groups excluding carboxylic acids is 1. The minimum absolute atomic E-state index is 0. The first-order valence-electron chi connectivity index (χ1n) is 8.62. The van der Waals surface area contributed by atoms with E-state index in [-0.39, 0.29) is 18.3 Å². The summed E-state index contributed by atoms with van der Waals surface area (Å²) in [5, 5.41) is 7.58. The average Bonchev–Trinajstić information content (AvgIpc) is 3.15. The number of hydrogen-bond acceptors (Lipinski definition) is 4. The van der Waals surface area contributed by atoms with E-state index in [4.69, 9.17) is 4.52 Å². The predicted octanol–water partition coefficient (Wildman–Crippen LogP) is 2.37. The summed E-state index contributed by atoms with van der Waals surface area (Å²) in [7, 11) is 0. The quantitative estimate of drug-likeness (QED) is 0.913. The molecule has 2 saturated heterocycles. The lowest BCUT2D eigenvalue weighted by atomic mass is 9.78. The number of piperidine rings is 1. The van der Waals surface area contributed by atoms with E-state index in [1.807, 2.05) is 11.8 Å². The van der Waals surface area contributed by atoms with Gasteiger partial charge in [-0.25, -0.2) is 0 Å². The lowest BCUT2D eigenvalue weighted by molar-refractivity contribution is -0.132. The molecular weight excluding hydrogens is 314 g/mol. The zero-order chi connectivity index (χ0) is 15.6. The fourth-order valence-electron chi connectivity index (χ4n) is 3.85. The summed E-state index contributed by atoms with van der Waals surface area (Å²) in [4.78, 5) is 14.7. The van der Waals surface area contributed by atoms with Crippen molar-refractivity contribution in [2.45, 2.75) is 52.4 Å². The third-order valence-corrected chi connectivity index (χ3v) is 5.44. The van der Waals surface area contributed by atoms with Gasteiger partial charge in [0.25, 0.3) is 0 Å². The minimum atomic E-state index is 0. The molecule has 2 aliphatic heterocycles. The van der Waals surface area contributed by atoms with Crippen LogP contribution in [0.5, 0.6) is 0 Å². The number of aryl methyl sites for hydroxylation is 2. The Morgan fingerprint density at radius 2 is 2.00 bits per heavy atom. The minimum Gasteiger partial charge on any atom is -0.361 e. The SMILES string of the molecule is CCc1noc(CC)c1CC(=O)N1CCC2(CCNC2)CC1.Cl. The second-order valence-corrected chi connectivity index (χ2v) is 6.72. The molecule has 0 unspecified atom stereocenters. The van der Waals surface area contributed by atoms with Gasteiger partial charge in [0.05, 0.1) is 12.1 Å². The van der Waals surface area contributed by atoms with E-state index in [0.29, 0.717) is 11.8 Å². The molecule has 0 aromatic carbocycles. The number of hydrogen-bond donors (Lipinski definition) is 1. The van der Waals surface area contributed by atoms with Crippen LogP contribution in [0.3, 0.4) is 0 Å². The largest absolute Gasteiger partial charge is 0.361 e. The van der Waals surface area contributed by atoms with Crippen LogP contribution in [0.4, 0.5) is 0 Å². The highest BCUT2D eigenvalue weighted by Gasteiger charge is 2.38. The van der Waals surface area contributed by atoms with Crippen molar-refractivity contribution < 1.29 is 9.32 Å². The lowest BCUT2D eigenvalue weighted by Crippen LogP contribution is -2.44. The molecule has 3 heterocycles. The van der Waals surface area contributed by atoms with E-state index in [9.17, 15) is 4.79 Å². The number of amides is 1. The fourth-order valence-corrected chi connectivity index (χ4v) is 3.85. The van der Waals surface area contributed by atoms with Crippen LogP contribution >= 0.6 is 12.4 Å². The highest BCUT2D eigenvalue weighted by atomic mass is 35.5. The maximum Gasteiger partial charge on any atom is 0.227 e. The Morgan fingerprint density at radius 1 is 1.26 bits per heavy atom. The summed E-state index contributed by atoms with van der Waals surface area (Å²) in [6.07, 6.45) is 5.60. The smallest absolute Gasteiger partial charge is 0.227 e. The topological polar surface area (TPSA) is 58.4 Å². The maximum atomic E-state index is 12.6. The van der Waals surface area contributed by atoms with Crippen molar-refractivity contribution in [1.29, 1.82) is 0 Å². The van der Waals surface area contributed by atoms with Crippen LogP contribution in [-0.4, -0.2) is 42.1 Å². The van der Waals surface area contributed by atoms with E-state index < -0.39 is 0 Å². The Morgan fingerprint density at radius 3 is 2.57 bits per heavy atom. The first-order chi connectivity index (χ1) is 10.7. The summed E-state index contributed by atoms with van der Waals surface area (Å²) in [5.74, 6) is 1.10. The fraction of sp³-hybridized carbons (Fsp3) is 0.765. The molecule has 130 valence electrons. The van der Waals surface area contributed by atoms with Gasteiger partial charge in [0.1, 0.15) is 5.76 Å². The summed E-state index contributed by atoms with van der Waals surface area (Å²) in [6.45, 7) is 8.16. The molecule has 1 amide bonds. The zero-order valence-corrected chi connectivity index (χ0v) is 15.0. The molecule has 3 rings (SSSR count). The second-order valence-electron chi connectivity index (χ2n) is 6.72. The van der Waals surface area contributed by atoms with Gasteiger partial charge in [-0.3, -0.25) is 4.79 Å². The van der Waals surface area contributed by atoms with Gasteiger partial charge in [0, 0.05) is 31.6 Å². The van der Waals surface area contributed by atoms with Crippen molar-refractivity contribution in [2.24, 2.45) is 5.41 Å². The van der Waals surface area contributed by atoms with Gasteiger partial charge in [-0.05, 0) is 37.6 Å². The Hall–Kier alpha value is -1.07. The van der Waals surface area contributed by atoms with Gasteiger partial charge in [-0.2, -0.15) is 0 Å². The molecule has 0 saturated carbocycles. The lowest BCUT2D eigenvalue weighted by Gasteiger charge is -2.39. The zero-order valence-electron chi connectivity index (χ0n) is 14.2. The predicted molar refractivity (Wildman–Crippen MR) is 91.9 cm³/mol. The van der Waals surface area contributed by atoms with Crippen molar-refractivity contribution in [3.63, 3.8) is 0 Å². The van der Waals surface area contributed by atoms with Gasteiger partial charge in [-0.15, -0.1) is 12.4 Å². The molecular formula is C17H28ClN3O2. The molecule has 23 heavy (non-hydrogen) atoms. The van der Waals surface area contributed by atoms with E-state index >= 15 is 0 Å². The Balaban J connectivity index is 0.00000192. The van der Waals surface area contributed by atoms with Crippen LogP contribution in [-0.2, 0) is 24.1 Å². The molecule has 1 N–H and O–H groups in total. The molecule has 2 fully saturated rings. The molecule has 2 aliphatic rings. The van der Waals surface area contributed by atoms with Gasteiger partial charge in [-0.1, -0.05) is 19.0 Å². The van der Waals surface area contributed by atoms with Crippen LogP contribution in [0.1, 0.15) is 50.1 Å². The van der Waals surface area contributed by atoms with Gasteiger partial charge in [0.15, 0.2) is 0 Å². The van der Waals surface area contributed by atoms with Crippen molar-refractivity contribution in [1.82, 2.24) is 15.4 Å². The van der Waals surface area contributed by atoms with Crippen molar-refractivity contribution in [3.05, 3.63) is 17.0 Å². The van der Waals surface area contributed by atoms with Crippen LogP contribution < -0.4 is 5.32 Å². The summed E-state index contributed by atoms with van der Waals surface area (Å²) >= 11 is 0. The summed E-state index contributed by atoms with van der Waals surface area (Å²) in [6, 6.07) is 0. The number of aromatic nitrogens is 1. The van der Waals surface area contributed by atoms with E-state index in [1.165, 1.54) is 6.42 Å². The van der Waals surface area contributed by atoms with Gasteiger partial charge in [0.2, 0.25) is 5.91 Å². The molecule has 1 spiro atoms. The van der Waals surface area contributed by atoms with Gasteiger partial charge >= 0.3 is 0 Å². The van der Waals surface area contributed by atoms with E-state index in [0.717, 1.165) is 68.9 Å². The second kappa shape index (κ2) is 7.67. The Labute approximate surface area is 144 Å². The number of halogens is 1. The number of nitrogens with one attached hydrogen (secondary N) is 1. The van der Waals surface area contributed by atoms with Crippen LogP contribution in [0.25, 0.3) is 0 Å². The molecule has 1 aromatic rings. The van der Waals surface area contributed by atoms with E-state index in [1.54, 1.807) is 0 Å². The van der Waals surface area contributed by atoms with Crippen molar-refractivity contribution in [2.75, 3.05) is 26.2 Å². The molecule has 6 heteroatoms. The number of rotatable bonds is 4. The van der Waals surface area contributed by atoms with Crippen molar-refractivity contribution >= 4 is 18.3 Å². The summed E-state index contributed by atoms with van der Waals surface area (Å²) in [5.41, 5.74) is 2.42. The highest BCUT2D eigenvalue weighted by molar-refractivity contribution is 5.85. The number of likely N-dealkylation sites (tertiary alicyclic amines) is 1. The normalized spacial score (nSPS) is 19.8. The third kappa shape index (κ3) is 3.72. The molecule has 1 aromatic heterocycles. The van der Waals surface area contributed by atoms with Gasteiger partial charge < -0.3 is 14.7 Å². The molecule has 0 aliphatic carbocycles. The van der Waals surface area contributed by atoms with Crippen LogP contribution in [0.15, 0.2) is 4.52 Å². The van der Waals surface area contributed by atoms with Crippen molar-refractivity contribution in [3.8, 4) is 0 Å². The summed E-state index contributed by atoms with van der Waals surface area (Å²) < 4.78 is 5.37. The Bertz CT molecular complexity index is 506. The Kier molecular flexibility index (Phi) is 6.09. The van der Waals surface area contributed by atoms with Crippen LogP contribution in [0, 0.1) is 5.41 Å². The standard InChI is InChI=1S/C17H27N3O2.ClH/c1-3-14-13(15(4-2)22-19-14)11-16(21)20-9-6-17(7-10-20)5-8-18-12-17;/h18H,3-12H2,1-2H3;1H. The third-order valence-electron chi connectivity index (χ3n) is 5.44. The molecule has 0 bridgehead atoms. The number of nitrogens with zero attached hydrogens (tertiary/aromatic N) is 2. The molecule has 0 radical (unpaired) electrons. The molecule has 0 atom stereocenters.